The molecule has 4 rings (SSSR count). The van der Waals surface area contributed by atoms with Crippen LogP contribution in [0.2, 0.25) is 0 Å². The second-order valence-corrected chi connectivity index (χ2v) is 7.40. The van der Waals surface area contributed by atoms with Crippen LogP contribution >= 0.6 is 0 Å². The minimum Gasteiger partial charge on any atom is -0.352 e. The van der Waals surface area contributed by atoms with E-state index in [0.29, 0.717) is 6.04 Å². The Hall–Kier alpha value is -2.18. The molecule has 2 heterocycles. The highest BCUT2D eigenvalue weighted by molar-refractivity contribution is 5.81. The second kappa shape index (κ2) is 7.60. The van der Waals surface area contributed by atoms with E-state index < -0.39 is 0 Å². The predicted molar refractivity (Wildman–Crippen MR) is 101 cm³/mol. The van der Waals surface area contributed by atoms with Crippen molar-refractivity contribution in [3.8, 4) is 5.69 Å². The zero-order valence-electron chi connectivity index (χ0n) is 15.3. The minimum atomic E-state index is -0.0291. The summed E-state index contributed by atoms with van der Waals surface area (Å²) in [5, 5.41) is 7.59. The van der Waals surface area contributed by atoms with Crippen molar-refractivity contribution in [1.29, 1.82) is 0 Å². The van der Waals surface area contributed by atoms with Gasteiger partial charge in [-0.15, -0.1) is 0 Å². The van der Waals surface area contributed by atoms with Crippen molar-refractivity contribution in [2.75, 3.05) is 26.2 Å². The van der Waals surface area contributed by atoms with Crippen molar-refractivity contribution in [3.05, 3.63) is 48.3 Å². The Morgan fingerprint density at radius 3 is 2.62 bits per heavy atom. The number of piperazine rings is 1. The van der Waals surface area contributed by atoms with Crippen molar-refractivity contribution < 1.29 is 4.79 Å². The van der Waals surface area contributed by atoms with Crippen molar-refractivity contribution in [2.45, 2.75) is 38.4 Å². The Morgan fingerprint density at radius 1 is 1.19 bits per heavy atom. The molecule has 1 saturated carbocycles. The molecule has 2 aliphatic rings. The molecule has 1 unspecified atom stereocenters. The SMILES string of the molecule is CC(C(=O)NC1CC1)N1CCN(Cc2cnn(-c3ccccc3)c2)CC1. The molecule has 1 aliphatic heterocycles. The number of aromatic nitrogens is 2. The topological polar surface area (TPSA) is 53.4 Å². The third kappa shape index (κ3) is 4.14. The van der Waals surface area contributed by atoms with Gasteiger partial charge in [0, 0.05) is 50.5 Å². The quantitative estimate of drug-likeness (QED) is 0.858. The molecule has 0 spiro atoms. The zero-order valence-corrected chi connectivity index (χ0v) is 15.3. The van der Waals surface area contributed by atoms with Gasteiger partial charge in [0.1, 0.15) is 0 Å². The number of amides is 1. The van der Waals surface area contributed by atoms with Gasteiger partial charge in [-0.3, -0.25) is 14.6 Å². The van der Waals surface area contributed by atoms with Crippen molar-refractivity contribution in [3.63, 3.8) is 0 Å². The Morgan fingerprint density at radius 2 is 1.92 bits per heavy atom. The monoisotopic (exact) mass is 353 g/mol. The van der Waals surface area contributed by atoms with Crippen LogP contribution in [0.15, 0.2) is 42.7 Å². The lowest BCUT2D eigenvalue weighted by Crippen LogP contribution is -2.53. The number of rotatable bonds is 6. The van der Waals surface area contributed by atoms with Crippen LogP contribution in [0, 0.1) is 0 Å². The molecule has 138 valence electrons. The Balaban J connectivity index is 1.27. The summed E-state index contributed by atoms with van der Waals surface area (Å²) in [5.74, 6) is 0.185. The summed E-state index contributed by atoms with van der Waals surface area (Å²) >= 11 is 0. The van der Waals surface area contributed by atoms with Gasteiger partial charge in [-0.05, 0) is 31.9 Å². The van der Waals surface area contributed by atoms with E-state index in [9.17, 15) is 4.79 Å². The molecular formula is C20H27N5O. The van der Waals surface area contributed by atoms with Crippen LogP contribution < -0.4 is 5.32 Å². The third-order valence-electron chi connectivity index (χ3n) is 5.32. The van der Waals surface area contributed by atoms with E-state index in [4.69, 9.17) is 0 Å². The molecule has 1 saturated heterocycles. The van der Waals surface area contributed by atoms with E-state index in [2.05, 4.69) is 38.5 Å². The molecule has 6 nitrogen and oxygen atoms in total. The van der Waals surface area contributed by atoms with Gasteiger partial charge in [-0.25, -0.2) is 4.68 Å². The number of nitrogens with one attached hydrogen (secondary N) is 1. The van der Waals surface area contributed by atoms with E-state index in [1.54, 1.807) is 0 Å². The molecule has 2 aromatic rings. The first kappa shape index (κ1) is 17.2. The van der Waals surface area contributed by atoms with E-state index in [-0.39, 0.29) is 11.9 Å². The summed E-state index contributed by atoms with van der Waals surface area (Å²) in [6.07, 6.45) is 6.34. The van der Waals surface area contributed by atoms with Crippen LogP contribution in [-0.2, 0) is 11.3 Å². The molecule has 0 bridgehead atoms. The largest absolute Gasteiger partial charge is 0.352 e. The zero-order chi connectivity index (χ0) is 17.9. The van der Waals surface area contributed by atoms with Crippen LogP contribution in [0.5, 0.6) is 0 Å². The van der Waals surface area contributed by atoms with Gasteiger partial charge in [-0.2, -0.15) is 5.10 Å². The molecule has 26 heavy (non-hydrogen) atoms. The first-order valence-electron chi connectivity index (χ1n) is 9.55. The molecule has 1 amide bonds. The lowest BCUT2D eigenvalue weighted by Gasteiger charge is -2.37. The average Bonchev–Trinajstić information content (AvgIpc) is 3.37. The molecular weight excluding hydrogens is 326 g/mol. The smallest absolute Gasteiger partial charge is 0.237 e. The average molecular weight is 353 g/mol. The number of hydrogen-bond acceptors (Lipinski definition) is 4. The van der Waals surface area contributed by atoms with Crippen LogP contribution in [0.1, 0.15) is 25.3 Å². The Kier molecular flexibility index (Phi) is 5.04. The maximum absolute atomic E-state index is 12.2. The summed E-state index contributed by atoms with van der Waals surface area (Å²) < 4.78 is 1.93. The second-order valence-electron chi connectivity index (χ2n) is 7.40. The van der Waals surface area contributed by atoms with Crippen LogP contribution in [-0.4, -0.2) is 63.8 Å². The van der Waals surface area contributed by atoms with E-state index >= 15 is 0 Å². The summed E-state index contributed by atoms with van der Waals surface area (Å²) in [5.41, 5.74) is 2.31. The predicted octanol–water partition coefficient (Wildman–Crippen LogP) is 1.66. The molecule has 1 N–H and O–H groups in total. The summed E-state index contributed by atoms with van der Waals surface area (Å²) in [6, 6.07) is 10.6. The van der Waals surface area contributed by atoms with Gasteiger partial charge in [0.05, 0.1) is 17.9 Å². The molecule has 0 radical (unpaired) electrons. The van der Waals surface area contributed by atoms with Crippen molar-refractivity contribution in [1.82, 2.24) is 24.9 Å². The van der Waals surface area contributed by atoms with Gasteiger partial charge in [0.2, 0.25) is 5.91 Å². The lowest BCUT2D eigenvalue weighted by atomic mass is 10.2. The maximum atomic E-state index is 12.2. The molecule has 6 heteroatoms. The van der Waals surface area contributed by atoms with Gasteiger partial charge < -0.3 is 5.32 Å². The maximum Gasteiger partial charge on any atom is 0.237 e. The first-order valence-corrected chi connectivity index (χ1v) is 9.55. The molecule has 1 aromatic carbocycles. The highest BCUT2D eigenvalue weighted by Gasteiger charge is 2.29. The lowest BCUT2D eigenvalue weighted by molar-refractivity contribution is -0.126. The van der Waals surface area contributed by atoms with E-state index in [1.807, 2.05) is 36.0 Å². The van der Waals surface area contributed by atoms with Crippen LogP contribution in [0.4, 0.5) is 0 Å². The highest BCUT2D eigenvalue weighted by Crippen LogP contribution is 2.19. The number of nitrogens with zero attached hydrogens (tertiary/aromatic N) is 4. The molecule has 1 aliphatic carbocycles. The number of carbonyl (C=O) groups is 1. The fraction of sp³-hybridized carbons (Fsp3) is 0.500. The number of hydrogen-bond donors (Lipinski definition) is 1. The molecule has 2 fully saturated rings. The van der Waals surface area contributed by atoms with E-state index in [1.165, 1.54) is 5.56 Å². The fourth-order valence-electron chi connectivity index (χ4n) is 3.45. The van der Waals surface area contributed by atoms with Crippen LogP contribution in [0.3, 0.4) is 0 Å². The van der Waals surface area contributed by atoms with Crippen LogP contribution in [0.25, 0.3) is 5.69 Å². The minimum absolute atomic E-state index is 0.0291. The third-order valence-corrected chi connectivity index (χ3v) is 5.32. The number of benzene rings is 1. The van der Waals surface area contributed by atoms with E-state index in [0.717, 1.165) is 51.3 Å². The van der Waals surface area contributed by atoms with Crippen molar-refractivity contribution in [2.24, 2.45) is 0 Å². The number of para-hydroxylation sites is 1. The van der Waals surface area contributed by atoms with Gasteiger partial charge in [0.15, 0.2) is 0 Å². The normalized spacial score (nSPS) is 20.0. The summed E-state index contributed by atoms with van der Waals surface area (Å²) in [7, 11) is 0. The highest BCUT2D eigenvalue weighted by atomic mass is 16.2. The Bertz CT molecular complexity index is 732. The van der Waals surface area contributed by atoms with Crippen molar-refractivity contribution >= 4 is 5.91 Å². The first-order chi connectivity index (χ1) is 12.7. The Labute approximate surface area is 154 Å². The molecule has 1 aromatic heterocycles. The van der Waals surface area contributed by atoms with Gasteiger partial charge in [-0.1, -0.05) is 18.2 Å². The molecule has 1 atom stereocenters. The fourth-order valence-corrected chi connectivity index (χ4v) is 3.45. The number of carbonyl (C=O) groups excluding carboxylic acids is 1. The summed E-state index contributed by atoms with van der Waals surface area (Å²) in [6.45, 7) is 6.77. The van der Waals surface area contributed by atoms with Gasteiger partial charge >= 0.3 is 0 Å². The summed E-state index contributed by atoms with van der Waals surface area (Å²) in [4.78, 5) is 17.0. The van der Waals surface area contributed by atoms with Gasteiger partial charge in [0.25, 0.3) is 0 Å². The standard InChI is InChI=1S/C20H27N5O/c1-16(20(26)22-18-7-8-18)24-11-9-23(10-12-24)14-17-13-21-25(15-17)19-5-3-2-4-6-19/h2-6,13,15-16,18H,7-12,14H2,1H3,(H,22,26).